The molecule has 2 aliphatic rings. The van der Waals surface area contributed by atoms with Crippen molar-refractivity contribution in [2.45, 2.75) is 26.8 Å². The minimum Gasteiger partial charge on any atom is -0.467 e. The number of anilines is 3. The highest BCUT2D eigenvalue weighted by Gasteiger charge is 2.42. The van der Waals surface area contributed by atoms with Crippen molar-refractivity contribution in [1.82, 2.24) is 9.78 Å². The highest BCUT2D eigenvalue weighted by atomic mass is 16.3. The molecule has 0 saturated heterocycles. The molecule has 0 saturated carbocycles. The van der Waals surface area contributed by atoms with E-state index in [1.54, 1.807) is 6.26 Å². The number of nitrogens with one attached hydrogen (secondary N) is 1. The number of hydrogen-bond donors (Lipinski definition) is 1. The molecule has 0 radical (unpaired) electrons. The first-order chi connectivity index (χ1) is 20.2. The van der Waals surface area contributed by atoms with Crippen LogP contribution in [0.25, 0.3) is 5.69 Å². The third kappa shape index (κ3) is 4.19. The molecule has 0 amide bonds. The van der Waals surface area contributed by atoms with Crippen LogP contribution in [0.15, 0.2) is 112 Å². The first-order valence-electron chi connectivity index (χ1n) is 14.0. The number of furan rings is 1. The minimum absolute atomic E-state index is 0.275. The van der Waals surface area contributed by atoms with Gasteiger partial charge in [-0.15, -0.1) is 0 Å². The van der Waals surface area contributed by atoms with E-state index in [-0.39, 0.29) is 6.04 Å². The van der Waals surface area contributed by atoms with Gasteiger partial charge in [0.15, 0.2) is 17.5 Å². The smallest absolute Gasteiger partial charge is 0.179 e. The lowest BCUT2D eigenvalue weighted by molar-refractivity contribution is 0.487. The van der Waals surface area contributed by atoms with Crippen molar-refractivity contribution in [1.29, 1.82) is 0 Å². The maximum Gasteiger partial charge on any atom is 0.179 e. The predicted octanol–water partition coefficient (Wildman–Crippen LogP) is 7.42. The highest BCUT2D eigenvalue weighted by molar-refractivity contribution is 6.51. The van der Waals surface area contributed by atoms with Gasteiger partial charge >= 0.3 is 0 Å². The third-order valence-corrected chi connectivity index (χ3v) is 7.71. The van der Waals surface area contributed by atoms with Crippen molar-refractivity contribution in [3.05, 3.63) is 114 Å². The molecule has 0 unspecified atom stereocenters. The summed E-state index contributed by atoms with van der Waals surface area (Å²) in [6.45, 7) is 8.30. The summed E-state index contributed by atoms with van der Waals surface area (Å²) in [6, 6.07) is 30.4. The minimum atomic E-state index is -0.275. The summed E-state index contributed by atoms with van der Waals surface area (Å²) in [6.07, 6.45) is 1.72. The molecule has 0 fully saturated rings. The van der Waals surface area contributed by atoms with E-state index < -0.39 is 0 Å². The maximum atomic E-state index is 6.08. The summed E-state index contributed by atoms with van der Waals surface area (Å²) < 4.78 is 7.99. The summed E-state index contributed by atoms with van der Waals surface area (Å²) >= 11 is 0. The van der Waals surface area contributed by atoms with E-state index in [1.807, 2.05) is 72.3 Å². The van der Waals surface area contributed by atoms with Gasteiger partial charge < -0.3 is 19.5 Å². The van der Waals surface area contributed by atoms with Crippen LogP contribution < -0.4 is 15.1 Å². The van der Waals surface area contributed by atoms with Crippen molar-refractivity contribution in [3.63, 3.8) is 0 Å². The van der Waals surface area contributed by atoms with Crippen LogP contribution in [0.3, 0.4) is 0 Å². The van der Waals surface area contributed by atoms with Crippen LogP contribution in [0.2, 0.25) is 0 Å². The van der Waals surface area contributed by atoms with Crippen LogP contribution in [-0.4, -0.2) is 34.5 Å². The standard InChI is InChI=1S/C33H31N7O/c1-4-38(5-2)24-19-17-23(18-20-24)34-31-33-36-32-29(22(3)37-40(32)25-12-7-6-8-13-25)30(28-16-11-21-41-28)39(33)27-15-10-9-14-26(27)35-31/h6-21,30H,4-5H2,1-3H3,(H,34,35)/t30-/m0/s1. The van der Waals surface area contributed by atoms with Gasteiger partial charge in [-0.1, -0.05) is 30.3 Å². The van der Waals surface area contributed by atoms with Gasteiger partial charge in [0.25, 0.3) is 0 Å². The van der Waals surface area contributed by atoms with E-state index in [4.69, 9.17) is 19.5 Å². The predicted molar refractivity (Wildman–Crippen MR) is 166 cm³/mol. The fourth-order valence-electron chi connectivity index (χ4n) is 5.74. The highest BCUT2D eigenvalue weighted by Crippen LogP contribution is 2.48. The zero-order chi connectivity index (χ0) is 27.9. The number of hydrogen-bond acceptors (Lipinski definition) is 7. The van der Waals surface area contributed by atoms with E-state index in [1.165, 1.54) is 5.69 Å². The monoisotopic (exact) mass is 541 g/mol. The second-order valence-electron chi connectivity index (χ2n) is 10.1. The normalized spacial score (nSPS) is 15.4. The first-order valence-corrected chi connectivity index (χ1v) is 14.0. The molecule has 4 heterocycles. The molecule has 1 N–H and O–H groups in total. The second-order valence-corrected chi connectivity index (χ2v) is 10.1. The Morgan fingerprint density at radius 3 is 2.34 bits per heavy atom. The molecule has 2 aromatic heterocycles. The fraction of sp³-hybridized carbons (Fsp3) is 0.182. The number of aliphatic imine (C=N–C) groups is 2. The Balaban J connectivity index is 1.40. The average molecular weight is 542 g/mol. The van der Waals surface area contributed by atoms with Crippen molar-refractivity contribution in [2.75, 3.05) is 28.2 Å². The molecule has 2 aliphatic heterocycles. The Morgan fingerprint density at radius 2 is 1.61 bits per heavy atom. The Kier molecular flexibility index (Phi) is 6.15. The summed E-state index contributed by atoms with van der Waals surface area (Å²) in [5.41, 5.74) is 6.81. The fourth-order valence-corrected chi connectivity index (χ4v) is 5.74. The Labute approximate surface area is 239 Å². The van der Waals surface area contributed by atoms with Gasteiger partial charge in [-0.3, -0.25) is 0 Å². The van der Waals surface area contributed by atoms with Gasteiger partial charge in [0.05, 0.1) is 34.6 Å². The molecule has 8 heteroatoms. The van der Waals surface area contributed by atoms with Crippen molar-refractivity contribution in [2.24, 2.45) is 9.98 Å². The zero-order valence-electron chi connectivity index (χ0n) is 23.3. The first kappa shape index (κ1) is 24.9. The van der Waals surface area contributed by atoms with Gasteiger partial charge in [-0.25, -0.2) is 14.7 Å². The van der Waals surface area contributed by atoms with Gasteiger partial charge in [0, 0.05) is 24.5 Å². The number of fused-ring (bicyclic) bond motifs is 4. The Bertz CT molecular complexity index is 1750. The molecular formula is C33H31N7O. The number of aryl methyl sites for hydroxylation is 1. The SMILES string of the molecule is CCN(CC)c1ccc(NC2=Nc3ccccc3N3C2=Nc2c(c(C)nn2-c2ccccc2)[C@@H]3c2ccco2)cc1. The van der Waals surface area contributed by atoms with Crippen LogP contribution in [0.1, 0.15) is 36.9 Å². The van der Waals surface area contributed by atoms with E-state index >= 15 is 0 Å². The third-order valence-electron chi connectivity index (χ3n) is 7.71. The summed E-state index contributed by atoms with van der Waals surface area (Å²) in [5.74, 6) is 2.96. The quantitative estimate of drug-likeness (QED) is 0.242. The summed E-state index contributed by atoms with van der Waals surface area (Å²) in [7, 11) is 0. The van der Waals surface area contributed by atoms with Gasteiger partial charge in [-0.05, 0) is 81.4 Å². The van der Waals surface area contributed by atoms with Crippen molar-refractivity contribution < 1.29 is 4.42 Å². The van der Waals surface area contributed by atoms with E-state index in [0.717, 1.165) is 58.7 Å². The number of aromatic nitrogens is 2. The van der Waals surface area contributed by atoms with E-state index in [9.17, 15) is 0 Å². The van der Waals surface area contributed by atoms with Gasteiger partial charge in [0.1, 0.15) is 11.8 Å². The molecule has 0 spiro atoms. The molecule has 0 aliphatic carbocycles. The lowest BCUT2D eigenvalue weighted by atomic mass is 9.98. The summed E-state index contributed by atoms with van der Waals surface area (Å²) in [4.78, 5) is 14.9. The van der Waals surface area contributed by atoms with Crippen molar-refractivity contribution in [3.8, 4) is 5.69 Å². The lowest BCUT2D eigenvalue weighted by Gasteiger charge is -2.39. The molecular weight excluding hydrogens is 510 g/mol. The molecule has 8 nitrogen and oxygen atoms in total. The van der Waals surface area contributed by atoms with Crippen LogP contribution in [0, 0.1) is 6.92 Å². The molecule has 1 atom stereocenters. The Morgan fingerprint density at radius 1 is 0.854 bits per heavy atom. The molecule has 204 valence electrons. The number of nitrogens with zero attached hydrogens (tertiary/aromatic N) is 6. The largest absolute Gasteiger partial charge is 0.467 e. The zero-order valence-corrected chi connectivity index (χ0v) is 23.3. The summed E-state index contributed by atoms with van der Waals surface area (Å²) in [5, 5.41) is 8.55. The molecule has 5 aromatic rings. The maximum absolute atomic E-state index is 6.08. The van der Waals surface area contributed by atoms with Gasteiger partial charge in [0.2, 0.25) is 0 Å². The number of amidine groups is 2. The van der Waals surface area contributed by atoms with Crippen LogP contribution in [0.5, 0.6) is 0 Å². The number of para-hydroxylation sites is 3. The number of rotatable bonds is 6. The van der Waals surface area contributed by atoms with E-state index in [2.05, 4.69) is 59.3 Å². The second kappa shape index (κ2) is 10.1. The van der Waals surface area contributed by atoms with Crippen LogP contribution in [0.4, 0.5) is 28.6 Å². The average Bonchev–Trinajstić information content (AvgIpc) is 3.67. The number of benzene rings is 3. The lowest BCUT2D eigenvalue weighted by Crippen LogP contribution is -2.46. The topological polar surface area (TPSA) is 74.2 Å². The molecule has 0 bridgehead atoms. The molecule has 3 aromatic carbocycles. The van der Waals surface area contributed by atoms with Crippen molar-refractivity contribution >= 4 is 40.2 Å². The van der Waals surface area contributed by atoms with Crippen LogP contribution >= 0.6 is 0 Å². The molecule has 41 heavy (non-hydrogen) atoms. The van der Waals surface area contributed by atoms with Crippen LogP contribution in [-0.2, 0) is 0 Å². The van der Waals surface area contributed by atoms with Gasteiger partial charge in [-0.2, -0.15) is 5.10 Å². The molecule has 7 rings (SSSR count). The van der Waals surface area contributed by atoms with E-state index in [0.29, 0.717) is 11.7 Å². The Hall–Kier alpha value is -5.11.